The minimum Gasteiger partial charge on any atom is -0.508 e. The second kappa shape index (κ2) is 7.38. The summed E-state index contributed by atoms with van der Waals surface area (Å²) < 4.78 is 5.09. The average Bonchev–Trinajstić information content (AvgIpc) is 3.21. The minimum atomic E-state index is -1.35. The van der Waals surface area contributed by atoms with Crippen LogP contribution in [-0.2, 0) is 9.59 Å². The maximum atomic E-state index is 12.3. The highest BCUT2D eigenvalue weighted by Crippen LogP contribution is 2.32. The SMILES string of the molecule is O=C(CN1C(=O)S/C(=C\c2ccco2)C1=O)Nc1ccc(O)cc1C(=O)O. The highest BCUT2D eigenvalue weighted by atomic mass is 32.2. The molecule has 10 heteroatoms. The van der Waals surface area contributed by atoms with Crippen molar-refractivity contribution in [3.8, 4) is 5.75 Å². The lowest BCUT2D eigenvalue weighted by Gasteiger charge is -2.13. The third-order valence-corrected chi connectivity index (χ3v) is 4.41. The van der Waals surface area contributed by atoms with Gasteiger partial charge in [0.15, 0.2) is 0 Å². The third-order valence-electron chi connectivity index (χ3n) is 3.50. The van der Waals surface area contributed by atoms with Crippen molar-refractivity contribution in [2.24, 2.45) is 0 Å². The van der Waals surface area contributed by atoms with E-state index in [4.69, 9.17) is 9.52 Å². The number of nitrogens with zero attached hydrogens (tertiary/aromatic N) is 1. The van der Waals surface area contributed by atoms with Gasteiger partial charge < -0.3 is 19.9 Å². The third kappa shape index (κ3) is 4.01. The monoisotopic (exact) mass is 388 g/mol. The van der Waals surface area contributed by atoms with Crippen LogP contribution in [0.1, 0.15) is 16.1 Å². The lowest BCUT2D eigenvalue weighted by Crippen LogP contribution is -2.36. The number of benzene rings is 1. The smallest absolute Gasteiger partial charge is 0.337 e. The van der Waals surface area contributed by atoms with Crippen molar-refractivity contribution in [3.63, 3.8) is 0 Å². The molecule has 1 fully saturated rings. The van der Waals surface area contributed by atoms with Gasteiger partial charge in [-0.05, 0) is 42.1 Å². The van der Waals surface area contributed by atoms with E-state index >= 15 is 0 Å². The highest BCUT2D eigenvalue weighted by Gasteiger charge is 2.36. The van der Waals surface area contributed by atoms with Crippen LogP contribution in [0.3, 0.4) is 0 Å². The topological polar surface area (TPSA) is 137 Å². The van der Waals surface area contributed by atoms with Crippen LogP contribution < -0.4 is 5.32 Å². The molecular formula is C17H12N2O7S. The second-order valence-corrected chi connectivity index (χ2v) is 6.36. The molecule has 27 heavy (non-hydrogen) atoms. The lowest BCUT2D eigenvalue weighted by atomic mass is 10.1. The molecule has 0 unspecified atom stereocenters. The van der Waals surface area contributed by atoms with Gasteiger partial charge in [-0.1, -0.05) is 0 Å². The summed E-state index contributed by atoms with van der Waals surface area (Å²) in [5, 5.41) is 20.2. The normalized spacial score (nSPS) is 15.4. The maximum absolute atomic E-state index is 12.3. The van der Waals surface area contributed by atoms with Gasteiger partial charge in [0.05, 0.1) is 22.4 Å². The van der Waals surface area contributed by atoms with Crippen LogP contribution in [-0.4, -0.2) is 44.7 Å². The van der Waals surface area contributed by atoms with Gasteiger partial charge in [-0.2, -0.15) is 0 Å². The zero-order chi connectivity index (χ0) is 19.6. The molecule has 0 aliphatic carbocycles. The van der Waals surface area contributed by atoms with Crippen molar-refractivity contribution in [1.29, 1.82) is 0 Å². The molecule has 2 heterocycles. The van der Waals surface area contributed by atoms with Crippen LogP contribution in [0.4, 0.5) is 10.5 Å². The Morgan fingerprint density at radius 3 is 2.70 bits per heavy atom. The number of nitrogens with one attached hydrogen (secondary N) is 1. The Balaban J connectivity index is 1.72. The van der Waals surface area contributed by atoms with Crippen LogP contribution in [0.2, 0.25) is 0 Å². The summed E-state index contributed by atoms with van der Waals surface area (Å²) in [6.07, 6.45) is 2.81. The summed E-state index contributed by atoms with van der Waals surface area (Å²) in [6, 6.07) is 6.62. The van der Waals surface area contributed by atoms with E-state index in [1.807, 2.05) is 0 Å². The van der Waals surface area contributed by atoms with E-state index in [-0.39, 0.29) is 21.9 Å². The summed E-state index contributed by atoms with van der Waals surface area (Å²) >= 11 is 0.670. The number of imide groups is 1. The molecule has 1 aromatic heterocycles. The summed E-state index contributed by atoms with van der Waals surface area (Å²) in [7, 11) is 0. The van der Waals surface area contributed by atoms with E-state index in [0.717, 1.165) is 11.0 Å². The molecule has 1 aliphatic rings. The summed E-state index contributed by atoms with van der Waals surface area (Å²) in [4.78, 5) is 48.6. The number of furan rings is 1. The molecule has 3 amide bonds. The molecule has 138 valence electrons. The average molecular weight is 388 g/mol. The van der Waals surface area contributed by atoms with Gasteiger partial charge in [0.2, 0.25) is 5.91 Å². The molecule has 0 radical (unpaired) electrons. The van der Waals surface area contributed by atoms with Crippen molar-refractivity contribution in [1.82, 2.24) is 4.90 Å². The first kappa shape index (κ1) is 18.3. The quantitative estimate of drug-likeness (QED) is 0.524. The second-order valence-electron chi connectivity index (χ2n) is 5.37. The molecule has 3 rings (SSSR count). The van der Waals surface area contributed by atoms with E-state index in [9.17, 15) is 24.3 Å². The van der Waals surface area contributed by atoms with Crippen molar-refractivity contribution >= 4 is 46.5 Å². The molecule has 0 saturated carbocycles. The minimum absolute atomic E-state index is 0.0663. The fourth-order valence-corrected chi connectivity index (χ4v) is 3.11. The first-order valence-corrected chi connectivity index (χ1v) is 8.32. The largest absolute Gasteiger partial charge is 0.508 e. The number of amides is 3. The molecule has 3 N–H and O–H groups in total. The highest BCUT2D eigenvalue weighted by molar-refractivity contribution is 8.18. The van der Waals surface area contributed by atoms with Crippen LogP contribution in [0.5, 0.6) is 5.75 Å². The summed E-state index contributed by atoms with van der Waals surface area (Å²) in [6.45, 7) is -0.583. The number of hydrogen-bond acceptors (Lipinski definition) is 7. The van der Waals surface area contributed by atoms with Gasteiger partial charge in [0.1, 0.15) is 18.1 Å². The number of aromatic hydroxyl groups is 1. The van der Waals surface area contributed by atoms with Crippen LogP contribution in [0, 0.1) is 0 Å². The number of carbonyl (C=O) groups is 4. The number of carboxylic acids is 1. The Kier molecular flexibility index (Phi) is 4.99. The Morgan fingerprint density at radius 2 is 2.04 bits per heavy atom. The zero-order valence-corrected chi connectivity index (χ0v) is 14.4. The van der Waals surface area contributed by atoms with Crippen LogP contribution in [0.25, 0.3) is 6.08 Å². The Hall–Kier alpha value is -3.53. The fraction of sp³-hybridized carbons (Fsp3) is 0.0588. The Morgan fingerprint density at radius 1 is 1.26 bits per heavy atom. The van der Waals surface area contributed by atoms with Crippen molar-refractivity contribution in [3.05, 3.63) is 52.8 Å². The first-order chi connectivity index (χ1) is 12.8. The number of thioether (sulfide) groups is 1. The van der Waals surface area contributed by atoms with Gasteiger partial charge in [-0.3, -0.25) is 19.3 Å². The van der Waals surface area contributed by atoms with E-state index < -0.39 is 29.6 Å². The van der Waals surface area contributed by atoms with Gasteiger partial charge >= 0.3 is 5.97 Å². The molecule has 0 atom stereocenters. The molecule has 0 spiro atoms. The predicted octanol–water partition coefficient (Wildman–Crippen LogP) is 2.36. The number of phenolic OH excluding ortho intramolecular Hbond substituents is 1. The van der Waals surface area contributed by atoms with E-state index in [0.29, 0.717) is 17.5 Å². The molecule has 1 aliphatic heterocycles. The molecule has 9 nitrogen and oxygen atoms in total. The van der Waals surface area contributed by atoms with Crippen LogP contribution in [0.15, 0.2) is 45.9 Å². The molecule has 1 saturated heterocycles. The van der Waals surface area contributed by atoms with E-state index in [2.05, 4.69) is 5.32 Å². The maximum Gasteiger partial charge on any atom is 0.337 e. The van der Waals surface area contributed by atoms with Crippen molar-refractivity contribution in [2.75, 3.05) is 11.9 Å². The number of phenols is 1. The number of rotatable bonds is 5. The first-order valence-electron chi connectivity index (χ1n) is 7.50. The Bertz CT molecular complexity index is 966. The van der Waals surface area contributed by atoms with E-state index in [1.54, 1.807) is 12.1 Å². The van der Waals surface area contributed by atoms with Gasteiger partial charge in [-0.15, -0.1) is 0 Å². The number of carbonyl (C=O) groups excluding carboxylic acids is 3. The zero-order valence-electron chi connectivity index (χ0n) is 13.5. The molecule has 1 aromatic carbocycles. The van der Waals surface area contributed by atoms with Crippen molar-refractivity contribution < 1.29 is 33.8 Å². The van der Waals surface area contributed by atoms with Crippen molar-refractivity contribution in [2.45, 2.75) is 0 Å². The predicted molar refractivity (Wildman–Crippen MR) is 95.1 cm³/mol. The van der Waals surface area contributed by atoms with Gasteiger partial charge in [0, 0.05) is 6.08 Å². The standard InChI is InChI=1S/C17H12N2O7S/c20-9-3-4-12(11(6-9)16(23)24)18-14(21)8-19-15(22)13(27-17(19)25)7-10-2-1-5-26-10/h1-7,20H,8H2,(H,18,21)(H,23,24)/b13-7-. The lowest BCUT2D eigenvalue weighted by molar-refractivity contribution is -0.127. The van der Waals surface area contributed by atoms with Crippen LogP contribution >= 0.6 is 11.8 Å². The number of anilines is 1. The van der Waals surface area contributed by atoms with Gasteiger partial charge in [0.25, 0.3) is 11.1 Å². The van der Waals surface area contributed by atoms with E-state index in [1.165, 1.54) is 24.5 Å². The fourth-order valence-electron chi connectivity index (χ4n) is 2.29. The molecule has 0 bridgehead atoms. The summed E-state index contributed by atoms with van der Waals surface area (Å²) in [5.74, 6) is -2.65. The molecule has 2 aromatic rings. The van der Waals surface area contributed by atoms with Gasteiger partial charge in [-0.25, -0.2) is 4.79 Å². The number of aromatic carboxylic acids is 1. The number of carboxylic acid groups (broad SMARTS) is 1. The summed E-state index contributed by atoms with van der Waals surface area (Å²) in [5.41, 5.74) is -0.390. The number of hydrogen-bond donors (Lipinski definition) is 3. The molecular weight excluding hydrogens is 376 g/mol. The Labute approximate surface area is 156 Å².